The fraction of sp³-hybridized carbons (Fsp3) is 0.211. The third-order valence-electron chi connectivity index (χ3n) is 3.84. The van der Waals surface area contributed by atoms with Crippen LogP contribution in [-0.2, 0) is 6.42 Å². The van der Waals surface area contributed by atoms with Gasteiger partial charge in [-0.3, -0.25) is 14.9 Å². The summed E-state index contributed by atoms with van der Waals surface area (Å²) in [6, 6.07) is 17.7. The van der Waals surface area contributed by atoms with E-state index in [1.54, 1.807) is 12.3 Å². The summed E-state index contributed by atoms with van der Waals surface area (Å²) in [6.45, 7) is 2.01. The van der Waals surface area contributed by atoms with E-state index in [0.717, 1.165) is 18.5 Å². The van der Waals surface area contributed by atoms with Crippen molar-refractivity contribution in [2.75, 3.05) is 0 Å². The molecule has 1 aromatic carbocycles. The Morgan fingerprint density at radius 2 is 1.92 bits per heavy atom. The van der Waals surface area contributed by atoms with Gasteiger partial charge in [-0.1, -0.05) is 36.4 Å². The van der Waals surface area contributed by atoms with Crippen LogP contribution in [0.15, 0.2) is 60.8 Å². The van der Waals surface area contributed by atoms with Crippen molar-refractivity contribution >= 4 is 5.91 Å². The first-order valence-electron chi connectivity index (χ1n) is 8.04. The van der Waals surface area contributed by atoms with Crippen LogP contribution < -0.4 is 5.32 Å². The maximum Gasteiger partial charge on any atom is 0.269 e. The number of nitrogens with one attached hydrogen (secondary N) is 2. The quantitative estimate of drug-likeness (QED) is 0.732. The van der Waals surface area contributed by atoms with Gasteiger partial charge in [-0.05, 0) is 43.5 Å². The van der Waals surface area contributed by atoms with Crippen molar-refractivity contribution in [3.05, 3.63) is 72.1 Å². The number of hydrogen-bond acceptors (Lipinski definition) is 3. The number of H-pyrrole nitrogens is 1. The molecule has 1 atom stereocenters. The Morgan fingerprint density at radius 1 is 1.12 bits per heavy atom. The average Bonchev–Trinajstić information content (AvgIpc) is 3.12. The van der Waals surface area contributed by atoms with Crippen molar-refractivity contribution in [1.29, 1.82) is 0 Å². The van der Waals surface area contributed by atoms with Gasteiger partial charge in [0.1, 0.15) is 11.4 Å². The molecule has 5 heteroatoms. The number of carbonyl (C=O) groups is 1. The zero-order valence-corrected chi connectivity index (χ0v) is 13.6. The Labute approximate surface area is 141 Å². The van der Waals surface area contributed by atoms with E-state index in [2.05, 4.69) is 32.6 Å². The van der Waals surface area contributed by atoms with Gasteiger partial charge >= 0.3 is 0 Å². The molecule has 0 bridgehead atoms. The summed E-state index contributed by atoms with van der Waals surface area (Å²) in [7, 11) is 0. The minimum Gasteiger partial charge on any atom is -0.348 e. The molecular formula is C19H20N4O. The summed E-state index contributed by atoms with van der Waals surface area (Å²) in [5, 5.41) is 9.94. The van der Waals surface area contributed by atoms with Gasteiger partial charge < -0.3 is 5.32 Å². The Hall–Kier alpha value is -2.95. The van der Waals surface area contributed by atoms with E-state index in [9.17, 15) is 4.79 Å². The van der Waals surface area contributed by atoms with E-state index in [1.807, 2.05) is 43.3 Å². The first-order chi connectivity index (χ1) is 11.7. The van der Waals surface area contributed by atoms with Gasteiger partial charge in [0.15, 0.2) is 0 Å². The van der Waals surface area contributed by atoms with Gasteiger partial charge in [0.05, 0.1) is 5.69 Å². The fourth-order valence-electron chi connectivity index (χ4n) is 2.49. The number of hydrogen-bond donors (Lipinski definition) is 2. The monoisotopic (exact) mass is 320 g/mol. The molecule has 2 N–H and O–H groups in total. The van der Waals surface area contributed by atoms with Crippen LogP contribution >= 0.6 is 0 Å². The Kier molecular flexibility index (Phi) is 5.01. The highest BCUT2D eigenvalue weighted by Gasteiger charge is 2.14. The van der Waals surface area contributed by atoms with Crippen molar-refractivity contribution in [3.63, 3.8) is 0 Å². The van der Waals surface area contributed by atoms with Crippen LogP contribution in [0.5, 0.6) is 0 Å². The number of aryl methyl sites for hydroxylation is 1. The standard InChI is InChI=1S/C19H20N4O/c1-14(10-11-15-7-3-2-4-8-15)21-19(24)18-13-17(22-23-18)16-9-5-6-12-20-16/h2-9,12-14H,10-11H2,1H3,(H,21,24)(H,22,23). The van der Waals surface area contributed by atoms with Gasteiger partial charge in [0, 0.05) is 12.2 Å². The summed E-state index contributed by atoms with van der Waals surface area (Å²) >= 11 is 0. The second-order valence-corrected chi connectivity index (χ2v) is 5.78. The molecule has 2 heterocycles. The van der Waals surface area contributed by atoms with Crippen molar-refractivity contribution in [1.82, 2.24) is 20.5 Å². The second-order valence-electron chi connectivity index (χ2n) is 5.78. The third kappa shape index (κ3) is 4.07. The lowest BCUT2D eigenvalue weighted by atomic mass is 10.1. The third-order valence-corrected chi connectivity index (χ3v) is 3.84. The van der Waals surface area contributed by atoms with Gasteiger partial charge in [-0.2, -0.15) is 5.10 Å². The largest absolute Gasteiger partial charge is 0.348 e. The molecule has 0 saturated carbocycles. The van der Waals surface area contributed by atoms with Gasteiger partial charge in [-0.15, -0.1) is 0 Å². The number of aromatic amines is 1. The number of carbonyl (C=O) groups excluding carboxylic acids is 1. The van der Waals surface area contributed by atoms with Crippen LogP contribution in [0, 0.1) is 0 Å². The summed E-state index contributed by atoms with van der Waals surface area (Å²) < 4.78 is 0. The number of pyridine rings is 1. The summed E-state index contributed by atoms with van der Waals surface area (Å²) in [4.78, 5) is 16.5. The lowest BCUT2D eigenvalue weighted by Gasteiger charge is -2.13. The van der Waals surface area contributed by atoms with Crippen LogP contribution in [-0.4, -0.2) is 27.1 Å². The van der Waals surface area contributed by atoms with Crippen LogP contribution in [0.2, 0.25) is 0 Å². The van der Waals surface area contributed by atoms with E-state index >= 15 is 0 Å². The molecule has 0 aliphatic rings. The molecule has 5 nitrogen and oxygen atoms in total. The number of benzene rings is 1. The number of amides is 1. The maximum atomic E-state index is 12.3. The molecule has 0 spiro atoms. The smallest absolute Gasteiger partial charge is 0.269 e. The average molecular weight is 320 g/mol. The van der Waals surface area contributed by atoms with E-state index in [4.69, 9.17) is 0 Å². The Balaban J connectivity index is 1.56. The van der Waals surface area contributed by atoms with E-state index < -0.39 is 0 Å². The summed E-state index contributed by atoms with van der Waals surface area (Å²) in [5.74, 6) is -0.148. The highest BCUT2D eigenvalue weighted by molar-refractivity contribution is 5.93. The minimum atomic E-state index is -0.148. The number of aromatic nitrogens is 3. The topological polar surface area (TPSA) is 70.7 Å². The van der Waals surface area contributed by atoms with E-state index in [0.29, 0.717) is 11.4 Å². The van der Waals surface area contributed by atoms with Crippen molar-refractivity contribution in [2.24, 2.45) is 0 Å². The van der Waals surface area contributed by atoms with Crippen molar-refractivity contribution in [3.8, 4) is 11.4 Å². The number of nitrogens with zero attached hydrogens (tertiary/aromatic N) is 2. The molecule has 24 heavy (non-hydrogen) atoms. The molecular weight excluding hydrogens is 300 g/mol. The minimum absolute atomic E-state index is 0.0827. The molecule has 3 aromatic rings. The zero-order chi connectivity index (χ0) is 16.8. The lowest BCUT2D eigenvalue weighted by Crippen LogP contribution is -2.33. The molecule has 0 fully saturated rings. The van der Waals surface area contributed by atoms with E-state index in [1.165, 1.54) is 5.56 Å². The fourth-order valence-corrected chi connectivity index (χ4v) is 2.49. The first-order valence-corrected chi connectivity index (χ1v) is 8.04. The predicted molar refractivity (Wildman–Crippen MR) is 93.5 cm³/mol. The molecule has 3 rings (SSSR count). The zero-order valence-electron chi connectivity index (χ0n) is 13.6. The molecule has 1 amide bonds. The molecule has 122 valence electrons. The molecule has 0 saturated heterocycles. The van der Waals surface area contributed by atoms with Gasteiger partial charge in [0.25, 0.3) is 5.91 Å². The molecule has 0 aliphatic carbocycles. The predicted octanol–water partition coefficient (Wildman–Crippen LogP) is 3.22. The highest BCUT2D eigenvalue weighted by atomic mass is 16.2. The first kappa shape index (κ1) is 15.9. The Bertz CT molecular complexity index is 783. The normalized spacial score (nSPS) is 11.9. The molecule has 0 aliphatic heterocycles. The molecule has 1 unspecified atom stereocenters. The lowest BCUT2D eigenvalue weighted by molar-refractivity contribution is 0.0933. The van der Waals surface area contributed by atoms with Crippen LogP contribution in [0.4, 0.5) is 0 Å². The highest BCUT2D eigenvalue weighted by Crippen LogP contribution is 2.14. The summed E-state index contributed by atoms with van der Waals surface area (Å²) in [5.41, 5.74) is 3.13. The summed E-state index contributed by atoms with van der Waals surface area (Å²) in [6.07, 6.45) is 3.52. The van der Waals surface area contributed by atoms with Crippen LogP contribution in [0.1, 0.15) is 29.4 Å². The van der Waals surface area contributed by atoms with Crippen molar-refractivity contribution < 1.29 is 4.79 Å². The van der Waals surface area contributed by atoms with Gasteiger partial charge in [0.2, 0.25) is 0 Å². The van der Waals surface area contributed by atoms with Crippen LogP contribution in [0.25, 0.3) is 11.4 Å². The maximum absolute atomic E-state index is 12.3. The number of rotatable bonds is 6. The Morgan fingerprint density at radius 3 is 2.67 bits per heavy atom. The molecule has 0 radical (unpaired) electrons. The van der Waals surface area contributed by atoms with Crippen LogP contribution in [0.3, 0.4) is 0 Å². The molecule has 2 aromatic heterocycles. The SMILES string of the molecule is CC(CCc1ccccc1)NC(=O)c1cc(-c2ccccn2)n[nH]1. The van der Waals surface area contributed by atoms with Crippen molar-refractivity contribution in [2.45, 2.75) is 25.8 Å². The van der Waals surface area contributed by atoms with Gasteiger partial charge in [-0.25, -0.2) is 0 Å². The second kappa shape index (κ2) is 7.55. The van der Waals surface area contributed by atoms with E-state index in [-0.39, 0.29) is 11.9 Å².